The molecule has 4 rings (SSSR count). The van der Waals surface area contributed by atoms with Crippen LogP contribution in [0.25, 0.3) is 0 Å². The highest BCUT2D eigenvalue weighted by Gasteiger charge is 2.41. The van der Waals surface area contributed by atoms with E-state index in [0.29, 0.717) is 6.54 Å². The van der Waals surface area contributed by atoms with Gasteiger partial charge in [0.05, 0.1) is 0 Å². The first-order chi connectivity index (χ1) is 13.7. The van der Waals surface area contributed by atoms with Crippen LogP contribution in [0, 0.1) is 11.7 Å². The lowest BCUT2D eigenvalue weighted by Crippen LogP contribution is -2.44. The van der Waals surface area contributed by atoms with Crippen LogP contribution in [-0.2, 0) is 12.1 Å². The van der Waals surface area contributed by atoms with Gasteiger partial charge in [-0.2, -0.15) is 0 Å². The lowest BCUT2D eigenvalue weighted by molar-refractivity contribution is -0.0153. The van der Waals surface area contributed by atoms with Crippen molar-refractivity contribution in [2.75, 3.05) is 13.1 Å². The van der Waals surface area contributed by atoms with Gasteiger partial charge in [-0.05, 0) is 49.0 Å². The first kappa shape index (κ1) is 18.9. The monoisotopic (exact) mass is 375 g/mol. The van der Waals surface area contributed by atoms with Crippen molar-refractivity contribution in [1.82, 2.24) is 4.90 Å². The van der Waals surface area contributed by atoms with Gasteiger partial charge in [0.25, 0.3) is 0 Å². The van der Waals surface area contributed by atoms with Crippen LogP contribution in [0.2, 0.25) is 0 Å². The summed E-state index contributed by atoms with van der Waals surface area (Å²) in [6, 6.07) is 26.9. The van der Waals surface area contributed by atoms with Crippen LogP contribution in [0.15, 0.2) is 84.9 Å². The molecule has 2 nitrogen and oxygen atoms in total. The zero-order valence-corrected chi connectivity index (χ0v) is 16.0. The van der Waals surface area contributed by atoms with Gasteiger partial charge >= 0.3 is 0 Å². The van der Waals surface area contributed by atoms with Gasteiger partial charge < -0.3 is 5.11 Å². The van der Waals surface area contributed by atoms with Gasteiger partial charge in [0.2, 0.25) is 0 Å². The van der Waals surface area contributed by atoms with Crippen LogP contribution in [0.3, 0.4) is 0 Å². The standard InChI is InChI=1S/C25H26FNO/c26-24-14-8-7-9-20(24)19-27-17-15-23(16-18-27)25(28,21-10-3-1-4-11-21)22-12-5-2-6-13-22/h1-14,23,28H,15-19H2. The molecule has 1 saturated heterocycles. The molecule has 144 valence electrons. The zero-order chi connectivity index (χ0) is 19.4. The summed E-state index contributed by atoms with van der Waals surface area (Å²) >= 11 is 0. The fraction of sp³-hybridized carbons (Fsp3) is 0.280. The lowest BCUT2D eigenvalue weighted by Gasteiger charge is -2.42. The van der Waals surface area contributed by atoms with E-state index in [-0.39, 0.29) is 11.7 Å². The second kappa shape index (κ2) is 8.26. The Morgan fingerprint density at radius 2 is 1.29 bits per heavy atom. The summed E-state index contributed by atoms with van der Waals surface area (Å²) in [6.45, 7) is 2.32. The molecule has 0 aromatic heterocycles. The summed E-state index contributed by atoms with van der Waals surface area (Å²) in [5, 5.41) is 11.9. The Bertz CT molecular complexity index is 849. The molecule has 1 heterocycles. The number of rotatable bonds is 5. The van der Waals surface area contributed by atoms with Gasteiger partial charge in [0.15, 0.2) is 0 Å². The van der Waals surface area contributed by atoms with E-state index in [4.69, 9.17) is 0 Å². The predicted octanol–water partition coefficient (Wildman–Crippen LogP) is 4.97. The summed E-state index contributed by atoms with van der Waals surface area (Å²) in [7, 11) is 0. The van der Waals surface area contributed by atoms with Gasteiger partial charge in [0, 0.05) is 12.1 Å². The zero-order valence-electron chi connectivity index (χ0n) is 16.0. The first-order valence-electron chi connectivity index (χ1n) is 9.97. The minimum atomic E-state index is -1.01. The molecule has 1 aliphatic rings. The van der Waals surface area contributed by atoms with E-state index >= 15 is 0 Å². The fourth-order valence-corrected chi connectivity index (χ4v) is 4.40. The van der Waals surface area contributed by atoms with E-state index in [1.807, 2.05) is 72.8 Å². The average molecular weight is 375 g/mol. The van der Waals surface area contributed by atoms with Crippen molar-refractivity contribution in [3.8, 4) is 0 Å². The highest BCUT2D eigenvalue weighted by Crippen LogP contribution is 2.42. The van der Waals surface area contributed by atoms with Crippen molar-refractivity contribution >= 4 is 0 Å². The number of hydrogen-bond donors (Lipinski definition) is 1. The molecule has 0 saturated carbocycles. The molecule has 0 aliphatic carbocycles. The van der Waals surface area contributed by atoms with Crippen LogP contribution in [0.1, 0.15) is 29.5 Å². The van der Waals surface area contributed by atoms with E-state index in [1.165, 1.54) is 6.07 Å². The van der Waals surface area contributed by atoms with Crippen LogP contribution < -0.4 is 0 Å². The third-order valence-electron chi connectivity index (χ3n) is 5.96. The van der Waals surface area contributed by atoms with E-state index in [1.54, 1.807) is 6.07 Å². The molecule has 0 atom stereocenters. The van der Waals surface area contributed by atoms with Crippen LogP contribution in [0.5, 0.6) is 0 Å². The van der Waals surface area contributed by atoms with Gasteiger partial charge in [-0.15, -0.1) is 0 Å². The van der Waals surface area contributed by atoms with Gasteiger partial charge in [-0.25, -0.2) is 4.39 Å². The van der Waals surface area contributed by atoms with Crippen molar-refractivity contribution < 1.29 is 9.50 Å². The number of benzene rings is 3. The molecule has 1 fully saturated rings. The molecule has 0 amide bonds. The van der Waals surface area contributed by atoms with E-state index in [9.17, 15) is 9.50 Å². The highest BCUT2D eigenvalue weighted by atomic mass is 19.1. The SMILES string of the molecule is OC(c1ccccc1)(c1ccccc1)C1CCN(Cc2ccccc2F)CC1. The number of nitrogens with zero attached hydrogens (tertiary/aromatic N) is 1. The number of likely N-dealkylation sites (tertiary alicyclic amines) is 1. The Hall–Kier alpha value is -2.49. The third kappa shape index (κ3) is 3.73. The molecule has 0 radical (unpaired) electrons. The van der Waals surface area contributed by atoms with Gasteiger partial charge in [-0.3, -0.25) is 4.90 Å². The topological polar surface area (TPSA) is 23.5 Å². The maximum atomic E-state index is 14.0. The second-order valence-electron chi connectivity index (χ2n) is 7.64. The molecule has 1 aliphatic heterocycles. The Kier molecular flexibility index (Phi) is 5.56. The number of hydrogen-bond acceptors (Lipinski definition) is 2. The van der Waals surface area contributed by atoms with Crippen molar-refractivity contribution in [3.63, 3.8) is 0 Å². The average Bonchev–Trinajstić information content (AvgIpc) is 2.76. The quantitative estimate of drug-likeness (QED) is 0.680. The van der Waals surface area contributed by atoms with Crippen molar-refractivity contribution in [3.05, 3.63) is 107 Å². The summed E-state index contributed by atoms with van der Waals surface area (Å²) in [5.74, 6) is -0.0242. The Morgan fingerprint density at radius 3 is 1.82 bits per heavy atom. The maximum Gasteiger partial charge on any atom is 0.127 e. The molecule has 1 N–H and O–H groups in total. The van der Waals surface area contributed by atoms with Crippen LogP contribution in [0.4, 0.5) is 4.39 Å². The fourth-order valence-electron chi connectivity index (χ4n) is 4.40. The highest BCUT2D eigenvalue weighted by molar-refractivity contribution is 5.37. The van der Waals surface area contributed by atoms with Crippen molar-refractivity contribution in [2.45, 2.75) is 25.0 Å². The minimum absolute atomic E-state index is 0.120. The van der Waals surface area contributed by atoms with Gasteiger partial charge in [-0.1, -0.05) is 78.9 Å². The molecule has 0 bridgehead atoms. The summed E-state index contributed by atoms with van der Waals surface area (Å²) in [5.41, 5.74) is 1.61. The molecule has 3 aromatic carbocycles. The van der Waals surface area contributed by atoms with E-state index < -0.39 is 5.60 Å². The molecular formula is C25H26FNO. The maximum absolute atomic E-state index is 14.0. The first-order valence-corrected chi connectivity index (χ1v) is 9.97. The molecule has 3 aromatic rings. The number of aliphatic hydroxyl groups is 1. The smallest absolute Gasteiger partial charge is 0.127 e. The van der Waals surface area contributed by atoms with Crippen molar-refractivity contribution in [1.29, 1.82) is 0 Å². The Balaban J connectivity index is 1.54. The van der Waals surface area contributed by atoms with Gasteiger partial charge in [0.1, 0.15) is 11.4 Å². The second-order valence-corrected chi connectivity index (χ2v) is 7.64. The molecule has 0 unspecified atom stereocenters. The lowest BCUT2D eigenvalue weighted by atomic mass is 9.72. The molecular weight excluding hydrogens is 349 g/mol. The summed E-state index contributed by atoms with van der Waals surface area (Å²) < 4.78 is 14.0. The van der Waals surface area contributed by atoms with Crippen LogP contribution in [-0.4, -0.2) is 23.1 Å². The third-order valence-corrected chi connectivity index (χ3v) is 5.96. The summed E-state index contributed by atoms with van der Waals surface area (Å²) in [6.07, 6.45) is 1.74. The molecule has 3 heteroatoms. The van der Waals surface area contributed by atoms with E-state index in [0.717, 1.165) is 42.6 Å². The molecule has 28 heavy (non-hydrogen) atoms. The number of halogens is 1. The predicted molar refractivity (Wildman–Crippen MR) is 110 cm³/mol. The minimum Gasteiger partial charge on any atom is -0.380 e. The van der Waals surface area contributed by atoms with E-state index in [2.05, 4.69) is 4.90 Å². The Morgan fingerprint density at radius 1 is 0.786 bits per heavy atom. The van der Waals surface area contributed by atoms with Crippen LogP contribution >= 0.6 is 0 Å². The summed E-state index contributed by atoms with van der Waals surface area (Å²) in [4.78, 5) is 2.28. The Labute approximate surface area is 166 Å². The largest absolute Gasteiger partial charge is 0.380 e. The normalized spacial score (nSPS) is 16.2. The number of piperidine rings is 1. The van der Waals surface area contributed by atoms with Crippen molar-refractivity contribution in [2.24, 2.45) is 5.92 Å². The molecule has 0 spiro atoms.